The summed E-state index contributed by atoms with van der Waals surface area (Å²) in [5.41, 5.74) is 0. The number of furan rings is 1. The highest BCUT2D eigenvalue weighted by Gasteiger charge is 2.29. The number of aliphatic hydroxyl groups is 1. The Morgan fingerprint density at radius 2 is 2.42 bits per heavy atom. The van der Waals surface area contributed by atoms with Gasteiger partial charge in [-0.1, -0.05) is 0 Å². The van der Waals surface area contributed by atoms with Crippen LogP contribution in [0.25, 0.3) is 0 Å². The molecule has 1 aliphatic rings. The van der Waals surface area contributed by atoms with Gasteiger partial charge in [-0.3, -0.25) is 9.59 Å². The van der Waals surface area contributed by atoms with Gasteiger partial charge in [-0.2, -0.15) is 0 Å². The van der Waals surface area contributed by atoms with Crippen molar-refractivity contribution in [1.82, 2.24) is 10.2 Å². The van der Waals surface area contributed by atoms with Crippen molar-refractivity contribution in [3.05, 3.63) is 24.2 Å². The molecule has 0 aromatic carbocycles. The Bertz CT molecular complexity index is 444. The van der Waals surface area contributed by atoms with Crippen molar-refractivity contribution in [1.29, 1.82) is 0 Å². The molecule has 0 bridgehead atoms. The summed E-state index contributed by atoms with van der Waals surface area (Å²) in [6.07, 6.45) is 2.22. The number of aliphatic hydroxyl groups excluding tert-OH is 1. The molecule has 2 amide bonds. The first-order valence-electron chi connectivity index (χ1n) is 6.36. The Morgan fingerprint density at radius 3 is 3.00 bits per heavy atom. The van der Waals surface area contributed by atoms with E-state index in [0.717, 1.165) is 6.42 Å². The van der Waals surface area contributed by atoms with Crippen molar-refractivity contribution in [2.45, 2.75) is 19.4 Å². The maximum absolute atomic E-state index is 12.1. The molecule has 1 aliphatic heterocycles. The number of nitrogens with one attached hydrogen (secondary N) is 1. The van der Waals surface area contributed by atoms with E-state index in [9.17, 15) is 9.59 Å². The molecule has 1 fully saturated rings. The first-order valence-corrected chi connectivity index (χ1v) is 6.36. The minimum Gasteiger partial charge on any atom is -0.459 e. The Kier molecular flexibility index (Phi) is 4.21. The van der Waals surface area contributed by atoms with Gasteiger partial charge in [0.1, 0.15) is 6.04 Å². The predicted molar refractivity (Wildman–Crippen MR) is 67.4 cm³/mol. The van der Waals surface area contributed by atoms with Crippen LogP contribution in [0.2, 0.25) is 0 Å². The Labute approximate surface area is 111 Å². The van der Waals surface area contributed by atoms with E-state index >= 15 is 0 Å². The van der Waals surface area contributed by atoms with Gasteiger partial charge >= 0.3 is 0 Å². The van der Waals surface area contributed by atoms with Gasteiger partial charge in [0.15, 0.2) is 5.76 Å². The van der Waals surface area contributed by atoms with E-state index in [4.69, 9.17) is 9.52 Å². The molecule has 0 saturated carbocycles. The molecule has 1 aromatic heterocycles. The summed E-state index contributed by atoms with van der Waals surface area (Å²) >= 11 is 0. The molecule has 2 atom stereocenters. The second kappa shape index (κ2) is 5.88. The largest absolute Gasteiger partial charge is 0.459 e. The van der Waals surface area contributed by atoms with Crippen LogP contribution in [0, 0.1) is 5.92 Å². The molecule has 19 heavy (non-hydrogen) atoms. The van der Waals surface area contributed by atoms with Crippen LogP contribution in [-0.4, -0.2) is 47.6 Å². The van der Waals surface area contributed by atoms with Gasteiger partial charge in [0, 0.05) is 25.6 Å². The van der Waals surface area contributed by atoms with Gasteiger partial charge in [-0.15, -0.1) is 0 Å². The van der Waals surface area contributed by atoms with Gasteiger partial charge in [0.2, 0.25) is 5.91 Å². The van der Waals surface area contributed by atoms with Gasteiger partial charge in [0.25, 0.3) is 5.91 Å². The molecule has 2 heterocycles. The lowest BCUT2D eigenvalue weighted by atomic mass is 10.1. The monoisotopic (exact) mass is 266 g/mol. The van der Waals surface area contributed by atoms with Crippen molar-refractivity contribution < 1.29 is 19.1 Å². The molecule has 1 saturated heterocycles. The fourth-order valence-electron chi connectivity index (χ4n) is 2.19. The zero-order valence-electron chi connectivity index (χ0n) is 10.8. The number of carbonyl (C=O) groups excluding carboxylic acids is 2. The standard InChI is InChI=1S/C13H18N2O4/c1-9(14-12(17)11-3-2-6-19-11)13(18)15-5-4-10(7-15)8-16/h2-3,6,9-10,16H,4-5,7-8H2,1H3,(H,14,17). The average molecular weight is 266 g/mol. The molecular formula is C13H18N2O4. The van der Waals surface area contributed by atoms with E-state index in [1.807, 2.05) is 0 Å². The number of rotatable bonds is 4. The lowest BCUT2D eigenvalue weighted by Crippen LogP contribution is -2.46. The molecule has 104 valence electrons. The quantitative estimate of drug-likeness (QED) is 0.817. The molecule has 6 heteroatoms. The van der Waals surface area contributed by atoms with Gasteiger partial charge in [-0.25, -0.2) is 0 Å². The van der Waals surface area contributed by atoms with Gasteiger partial charge in [0.05, 0.1) is 6.26 Å². The van der Waals surface area contributed by atoms with Crippen LogP contribution in [0.1, 0.15) is 23.9 Å². The van der Waals surface area contributed by atoms with Crippen LogP contribution >= 0.6 is 0 Å². The lowest BCUT2D eigenvalue weighted by Gasteiger charge is -2.21. The molecule has 1 aromatic rings. The van der Waals surface area contributed by atoms with Gasteiger partial charge < -0.3 is 19.7 Å². The van der Waals surface area contributed by atoms with E-state index in [-0.39, 0.29) is 24.2 Å². The normalized spacial score (nSPS) is 20.3. The van der Waals surface area contributed by atoms with Crippen LogP contribution in [0.3, 0.4) is 0 Å². The summed E-state index contributed by atoms with van der Waals surface area (Å²) in [5.74, 6) is -0.189. The van der Waals surface area contributed by atoms with E-state index in [0.29, 0.717) is 13.1 Å². The highest BCUT2D eigenvalue weighted by molar-refractivity contribution is 5.95. The Balaban J connectivity index is 1.88. The zero-order valence-corrected chi connectivity index (χ0v) is 10.8. The summed E-state index contributed by atoms with van der Waals surface area (Å²) in [6.45, 7) is 2.92. The van der Waals surface area contributed by atoms with Crippen molar-refractivity contribution >= 4 is 11.8 Å². The second-order valence-corrected chi connectivity index (χ2v) is 4.79. The van der Waals surface area contributed by atoms with E-state index < -0.39 is 11.9 Å². The van der Waals surface area contributed by atoms with E-state index in [1.165, 1.54) is 6.26 Å². The number of hydrogen-bond acceptors (Lipinski definition) is 4. The summed E-state index contributed by atoms with van der Waals surface area (Å²) in [6, 6.07) is 2.56. The molecule has 6 nitrogen and oxygen atoms in total. The third-order valence-electron chi connectivity index (χ3n) is 3.32. The predicted octanol–water partition coefficient (Wildman–Crippen LogP) is 0.239. The highest BCUT2D eigenvalue weighted by Crippen LogP contribution is 2.16. The third kappa shape index (κ3) is 3.14. The average Bonchev–Trinajstić information content (AvgIpc) is 3.08. The van der Waals surface area contributed by atoms with Crippen molar-refractivity contribution in [2.24, 2.45) is 5.92 Å². The van der Waals surface area contributed by atoms with Crippen molar-refractivity contribution in [3.63, 3.8) is 0 Å². The van der Waals surface area contributed by atoms with Crippen molar-refractivity contribution in [3.8, 4) is 0 Å². The van der Waals surface area contributed by atoms with E-state index in [2.05, 4.69) is 5.32 Å². The summed E-state index contributed by atoms with van der Waals surface area (Å²) in [5, 5.41) is 11.7. The Morgan fingerprint density at radius 1 is 1.63 bits per heavy atom. The number of nitrogens with zero attached hydrogens (tertiary/aromatic N) is 1. The molecular weight excluding hydrogens is 248 g/mol. The number of carbonyl (C=O) groups is 2. The minimum atomic E-state index is -0.602. The molecule has 2 unspecified atom stereocenters. The molecule has 2 rings (SSSR count). The molecule has 0 aliphatic carbocycles. The van der Waals surface area contributed by atoms with Crippen LogP contribution < -0.4 is 5.32 Å². The molecule has 2 N–H and O–H groups in total. The van der Waals surface area contributed by atoms with Crippen molar-refractivity contribution in [2.75, 3.05) is 19.7 Å². The summed E-state index contributed by atoms with van der Waals surface area (Å²) in [7, 11) is 0. The number of hydrogen-bond donors (Lipinski definition) is 2. The number of likely N-dealkylation sites (tertiary alicyclic amines) is 1. The topological polar surface area (TPSA) is 82.8 Å². The number of amides is 2. The summed E-state index contributed by atoms with van der Waals surface area (Å²) < 4.78 is 4.97. The maximum atomic E-state index is 12.1. The molecule has 0 radical (unpaired) electrons. The second-order valence-electron chi connectivity index (χ2n) is 4.79. The zero-order chi connectivity index (χ0) is 13.8. The van der Waals surface area contributed by atoms with Crippen LogP contribution in [-0.2, 0) is 4.79 Å². The third-order valence-corrected chi connectivity index (χ3v) is 3.32. The van der Waals surface area contributed by atoms with Crippen LogP contribution in [0.5, 0.6) is 0 Å². The fraction of sp³-hybridized carbons (Fsp3) is 0.538. The van der Waals surface area contributed by atoms with E-state index in [1.54, 1.807) is 24.0 Å². The van der Waals surface area contributed by atoms with Crippen LogP contribution in [0.4, 0.5) is 0 Å². The smallest absolute Gasteiger partial charge is 0.287 e. The fourth-order valence-corrected chi connectivity index (χ4v) is 2.19. The highest BCUT2D eigenvalue weighted by atomic mass is 16.3. The molecule has 0 spiro atoms. The first kappa shape index (κ1) is 13.6. The lowest BCUT2D eigenvalue weighted by molar-refractivity contribution is -0.131. The first-order chi connectivity index (χ1) is 9.11. The SMILES string of the molecule is CC(NC(=O)c1ccco1)C(=O)N1CCC(CO)C1. The summed E-state index contributed by atoms with van der Waals surface area (Å²) in [4.78, 5) is 25.5. The van der Waals surface area contributed by atoms with Gasteiger partial charge in [-0.05, 0) is 25.5 Å². The Hall–Kier alpha value is -1.82. The maximum Gasteiger partial charge on any atom is 0.287 e. The van der Waals surface area contributed by atoms with Crippen LogP contribution in [0.15, 0.2) is 22.8 Å². The minimum absolute atomic E-state index is 0.0942.